The minimum atomic E-state index is -0.00528. The molecule has 178 valence electrons. The second-order valence-electron chi connectivity index (χ2n) is 8.80. The molecular weight excluding hydrogens is 428 g/mol. The number of hydrogen-bond acceptors (Lipinski definition) is 6. The van der Waals surface area contributed by atoms with Gasteiger partial charge in [-0.25, -0.2) is 9.97 Å². The molecule has 0 N–H and O–H groups in total. The highest BCUT2D eigenvalue weighted by atomic mass is 16.5. The Hall–Kier alpha value is -3.61. The van der Waals surface area contributed by atoms with Crippen molar-refractivity contribution in [1.29, 1.82) is 0 Å². The molecule has 0 spiro atoms. The molecule has 0 atom stereocenters. The van der Waals surface area contributed by atoms with Crippen molar-refractivity contribution in [2.45, 2.75) is 33.3 Å². The fourth-order valence-electron chi connectivity index (χ4n) is 3.97. The molecule has 3 aromatic rings. The quantitative estimate of drug-likeness (QED) is 0.519. The molecule has 0 bridgehead atoms. The number of ether oxygens (including phenoxy) is 2. The van der Waals surface area contributed by atoms with Gasteiger partial charge in [-0.3, -0.25) is 4.79 Å². The van der Waals surface area contributed by atoms with Gasteiger partial charge in [0.1, 0.15) is 18.2 Å². The first kappa shape index (κ1) is 23.5. The summed E-state index contributed by atoms with van der Waals surface area (Å²) in [5.74, 6) is 3.23. The Bertz CT molecular complexity index is 1130. The van der Waals surface area contributed by atoms with Crippen molar-refractivity contribution < 1.29 is 14.3 Å². The van der Waals surface area contributed by atoms with E-state index in [0.29, 0.717) is 36.8 Å². The molecule has 1 aromatic heterocycles. The predicted molar refractivity (Wildman–Crippen MR) is 133 cm³/mol. The number of methoxy groups -OCH3 is 1. The van der Waals surface area contributed by atoms with Crippen molar-refractivity contribution in [2.24, 2.45) is 0 Å². The molecule has 7 heteroatoms. The highest BCUT2D eigenvalue weighted by molar-refractivity contribution is 5.95. The van der Waals surface area contributed by atoms with Gasteiger partial charge in [0.05, 0.1) is 7.11 Å². The number of rotatable bonds is 7. The van der Waals surface area contributed by atoms with Crippen LogP contribution in [0.1, 0.15) is 47.2 Å². The van der Waals surface area contributed by atoms with Crippen molar-refractivity contribution in [1.82, 2.24) is 14.9 Å². The number of carbonyl (C=O) groups excluding carboxylic acids is 1. The normalized spacial score (nSPS) is 13.8. The van der Waals surface area contributed by atoms with Crippen LogP contribution < -0.4 is 14.4 Å². The predicted octanol–water partition coefficient (Wildman–Crippen LogP) is 4.46. The van der Waals surface area contributed by atoms with Gasteiger partial charge >= 0.3 is 0 Å². The summed E-state index contributed by atoms with van der Waals surface area (Å²) >= 11 is 0. The first-order valence-electron chi connectivity index (χ1n) is 11.7. The topological polar surface area (TPSA) is 67.8 Å². The van der Waals surface area contributed by atoms with Crippen LogP contribution >= 0.6 is 0 Å². The van der Waals surface area contributed by atoms with Gasteiger partial charge in [0.15, 0.2) is 11.5 Å². The Kier molecular flexibility index (Phi) is 7.30. The first-order valence-corrected chi connectivity index (χ1v) is 11.7. The maximum atomic E-state index is 13.2. The van der Waals surface area contributed by atoms with Crippen LogP contribution in [0.15, 0.2) is 54.6 Å². The molecule has 34 heavy (non-hydrogen) atoms. The fourth-order valence-corrected chi connectivity index (χ4v) is 3.97. The largest absolute Gasteiger partial charge is 0.493 e. The van der Waals surface area contributed by atoms with Gasteiger partial charge in [0.25, 0.3) is 5.91 Å². The van der Waals surface area contributed by atoms with Gasteiger partial charge in [-0.05, 0) is 30.7 Å². The number of nitrogens with zero attached hydrogens (tertiary/aromatic N) is 4. The minimum Gasteiger partial charge on any atom is -0.493 e. The zero-order valence-corrected chi connectivity index (χ0v) is 20.3. The summed E-state index contributed by atoms with van der Waals surface area (Å²) in [6.45, 7) is 9.36. The van der Waals surface area contributed by atoms with E-state index in [0.717, 1.165) is 36.0 Å². The van der Waals surface area contributed by atoms with E-state index in [-0.39, 0.29) is 11.8 Å². The Morgan fingerprint density at radius 3 is 2.38 bits per heavy atom. The third-order valence-electron chi connectivity index (χ3n) is 5.91. The van der Waals surface area contributed by atoms with Crippen LogP contribution in [0.5, 0.6) is 11.5 Å². The second-order valence-corrected chi connectivity index (χ2v) is 8.80. The molecule has 0 radical (unpaired) electrons. The van der Waals surface area contributed by atoms with E-state index in [1.54, 1.807) is 19.2 Å². The zero-order valence-electron chi connectivity index (χ0n) is 20.3. The molecule has 4 rings (SSSR count). The smallest absolute Gasteiger partial charge is 0.254 e. The third-order valence-corrected chi connectivity index (χ3v) is 5.91. The number of hydrogen-bond donors (Lipinski definition) is 0. The van der Waals surface area contributed by atoms with Crippen molar-refractivity contribution in [3.8, 4) is 11.5 Å². The summed E-state index contributed by atoms with van der Waals surface area (Å²) in [5, 5.41) is 0. The van der Waals surface area contributed by atoms with Crippen LogP contribution in [0.2, 0.25) is 0 Å². The minimum absolute atomic E-state index is 0.00528. The van der Waals surface area contributed by atoms with Gasteiger partial charge in [0, 0.05) is 49.4 Å². The number of aromatic nitrogens is 2. The Morgan fingerprint density at radius 1 is 0.971 bits per heavy atom. The SMILES string of the molecule is COc1cc(C(=O)N2CCN(c3cc(C)nc(C(C)C)n3)CC2)ccc1OCc1ccccc1. The zero-order chi connectivity index (χ0) is 24.1. The van der Waals surface area contributed by atoms with E-state index in [4.69, 9.17) is 14.5 Å². The first-order chi connectivity index (χ1) is 16.4. The molecular formula is C27H32N4O3. The van der Waals surface area contributed by atoms with E-state index < -0.39 is 0 Å². The summed E-state index contributed by atoms with van der Waals surface area (Å²) in [4.78, 5) is 26.6. The monoisotopic (exact) mass is 460 g/mol. The number of benzene rings is 2. The summed E-state index contributed by atoms with van der Waals surface area (Å²) in [6, 6.07) is 17.3. The summed E-state index contributed by atoms with van der Waals surface area (Å²) < 4.78 is 11.4. The molecule has 1 aliphatic heterocycles. The van der Waals surface area contributed by atoms with Crippen LogP contribution in [0, 0.1) is 6.92 Å². The third kappa shape index (κ3) is 5.47. The lowest BCUT2D eigenvalue weighted by molar-refractivity contribution is 0.0746. The number of anilines is 1. The van der Waals surface area contributed by atoms with Gasteiger partial charge in [-0.15, -0.1) is 0 Å². The molecule has 0 unspecified atom stereocenters. The molecule has 1 saturated heterocycles. The Morgan fingerprint density at radius 2 is 1.71 bits per heavy atom. The van der Waals surface area contributed by atoms with Crippen molar-refractivity contribution >= 4 is 11.7 Å². The van der Waals surface area contributed by atoms with Gasteiger partial charge in [0.2, 0.25) is 0 Å². The maximum absolute atomic E-state index is 13.2. The second kappa shape index (κ2) is 10.5. The standard InChI is InChI=1S/C27H32N4O3/c1-19(2)26-28-20(3)16-25(29-26)30-12-14-31(15-13-30)27(32)22-10-11-23(24(17-22)33-4)34-18-21-8-6-5-7-9-21/h5-11,16-17,19H,12-15,18H2,1-4H3. The highest BCUT2D eigenvalue weighted by Crippen LogP contribution is 2.29. The van der Waals surface area contributed by atoms with Crippen LogP contribution in [-0.2, 0) is 6.61 Å². The molecule has 0 aliphatic carbocycles. The lowest BCUT2D eigenvalue weighted by atomic mass is 10.1. The van der Waals surface area contributed by atoms with Crippen LogP contribution in [0.3, 0.4) is 0 Å². The van der Waals surface area contributed by atoms with Crippen LogP contribution in [0.25, 0.3) is 0 Å². The van der Waals surface area contributed by atoms with E-state index in [1.165, 1.54) is 0 Å². The van der Waals surface area contributed by atoms with Crippen molar-refractivity contribution in [3.05, 3.63) is 77.2 Å². The van der Waals surface area contributed by atoms with E-state index in [2.05, 4.69) is 23.7 Å². The molecule has 2 heterocycles. The number of carbonyl (C=O) groups is 1. The van der Waals surface area contributed by atoms with Crippen LogP contribution in [-0.4, -0.2) is 54.1 Å². The van der Waals surface area contributed by atoms with E-state index in [1.807, 2.05) is 54.3 Å². The Labute approximate surface area is 201 Å². The van der Waals surface area contributed by atoms with E-state index in [9.17, 15) is 4.79 Å². The average Bonchev–Trinajstić information content (AvgIpc) is 2.87. The molecule has 7 nitrogen and oxygen atoms in total. The lowest BCUT2D eigenvalue weighted by Crippen LogP contribution is -2.49. The fraction of sp³-hybridized carbons (Fsp3) is 0.370. The molecule has 1 aliphatic rings. The highest BCUT2D eigenvalue weighted by Gasteiger charge is 2.24. The van der Waals surface area contributed by atoms with E-state index >= 15 is 0 Å². The number of amides is 1. The molecule has 0 saturated carbocycles. The van der Waals surface area contributed by atoms with Crippen LogP contribution in [0.4, 0.5) is 5.82 Å². The molecule has 1 fully saturated rings. The van der Waals surface area contributed by atoms with Crippen molar-refractivity contribution in [2.75, 3.05) is 38.2 Å². The number of aryl methyl sites for hydroxylation is 1. The summed E-state index contributed by atoms with van der Waals surface area (Å²) in [7, 11) is 1.59. The van der Waals surface area contributed by atoms with Crippen molar-refractivity contribution in [3.63, 3.8) is 0 Å². The molecule has 1 amide bonds. The average molecular weight is 461 g/mol. The summed E-state index contributed by atoms with van der Waals surface area (Å²) in [6.07, 6.45) is 0. The van der Waals surface area contributed by atoms with Gasteiger partial charge in [-0.1, -0.05) is 44.2 Å². The van der Waals surface area contributed by atoms with Gasteiger partial charge < -0.3 is 19.3 Å². The Balaban J connectivity index is 1.40. The van der Waals surface area contributed by atoms with Gasteiger partial charge in [-0.2, -0.15) is 0 Å². The summed E-state index contributed by atoms with van der Waals surface area (Å²) in [5.41, 5.74) is 2.63. The maximum Gasteiger partial charge on any atom is 0.254 e. The lowest BCUT2D eigenvalue weighted by Gasteiger charge is -2.35. The number of piperazine rings is 1. The molecule has 2 aromatic carbocycles.